The van der Waals surface area contributed by atoms with E-state index in [0.717, 1.165) is 36.8 Å². The van der Waals surface area contributed by atoms with Crippen LogP contribution in [0.1, 0.15) is 27.6 Å². The van der Waals surface area contributed by atoms with Crippen LogP contribution in [0.4, 0.5) is 0 Å². The molecule has 0 saturated heterocycles. The van der Waals surface area contributed by atoms with Crippen LogP contribution in [0.5, 0.6) is 5.75 Å². The number of halogens is 2. The molecule has 0 radical (unpaired) electrons. The van der Waals surface area contributed by atoms with Crippen molar-refractivity contribution in [1.29, 1.82) is 0 Å². The van der Waals surface area contributed by atoms with E-state index in [1.807, 2.05) is 18.5 Å². The molecule has 1 unspecified atom stereocenters. The van der Waals surface area contributed by atoms with E-state index in [9.17, 15) is 0 Å². The molecule has 2 nitrogen and oxygen atoms in total. The number of thiophene rings is 1. The van der Waals surface area contributed by atoms with E-state index in [1.54, 1.807) is 18.4 Å². The highest BCUT2D eigenvalue weighted by Crippen LogP contribution is 2.41. The van der Waals surface area contributed by atoms with Gasteiger partial charge in [-0.1, -0.05) is 27.5 Å². The zero-order valence-electron chi connectivity index (χ0n) is 11.9. The standard InChI is InChI=1S/C15H17BrClNOS/c1-8-7-10(16)9(2)12(14(8)19-4)13(18-3)15-11(17)5-6-20-15/h5-7,13,18H,1-4H3. The van der Waals surface area contributed by atoms with E-state index in [-0.39, 0.29) is 6.04 Å². The number of hydrogen-bond acceptors (Lipinski definition) is 3. The van der Waals surface area contributed by atoms with Gasteiger partial charge in [0.1, 0.15) is 5.75 Å². The first kappa shape index (κ1) is 15.8. The highest BCUT2D eigenvalue weighted by Gasteiger charge is 2.24. The molecule has 108 valence electrons. The molecule has 0 bridgehead atoms. The second kappa shape index (κ2) is 6.48. The molecule has 2 rings (SSSR count). The minimum Gasteiger partial charge on any atom is -0.496 e. The van der Waals surface area contributed by atoms with Gasteiger partial charge in [-0.15, -0.1) is 11.3 Å². The number of methoxy groups -OCH3 is 1. The van der Waals surface area contributed by atoms with Gasteiger partial charge in [-0.2, -0.15) is 0 Å². The summed E-state index contributed by atoms with van der Waals surface area (Å²) >= 11 is 11.6. The van der Waals surface area contributed by atoms with Crippen LogP contribution < -0.4 is 10.1 Å². The number of hydrogen-bond donors (Lipinski definition) is 1. The van der Waals surface area contributed by atoms with E-state index >= 15 is 0 Å². The van der Waals surface area contributed by atoms with E-state index in [0.29, 0.717) is 0 Å². The summed E-state index contributed by atoms with van der Waals surface area (Å²) in [6, 6.07) is 4.03. The molecule has 1 aromatic carbocycles. The Hall–Kier alpha value is -0.550. The predicted molar refractivity (Wildman–Crippen MR) is 90.4 cm³/mol. The Balaban J connectivity index is 2.69. The summed E-state index contributed by atoms with van der Waals surface area (Å²) < 4.78 is 6.72. The number of ether oxygens (including phenoxy) is 1. The molecule has 0 saturated carbocycles. The maximum Gasteiger partial charge on any atom is 0.127 e. The minimum absolute atomic E-state index is 0.0219. The van der Waals surface area contributed by atoms with Crippen LogP contribution in [-0.4, -0.2) is 14.2 Å². The molecule has 1 N–H and O–H groups in total. The van der Waals surface area contributed by atoms with Crippen LogP contribution in [0.2, 0.25) is 5.02 Å². The van der Waals surface area contributed by atoms with Crippen molar-refractivity contribution in [2.75, 3.05) is 14.2 Å². The molecule has 2 aromatic rings. The van der Waals surface area contributed by atoms with E-state index < -0.39 is 0 Å². The monoisotopic (exact) mass is 373 g/mol. The quantitative estimate of drug-likeness (QED) is 0.804. The third kappa shape index (κ3) is 2.75. The van der Waals surface area contributed by atoms with Crippen LogP contribution in [0.3, 0.4) is 0 Å². The van der Waals surface area contributed by atoms with Gasteiger partial charge in [0, 0.05) is 14.9 Å². The van der Waals surface area contributed by atoms with Crippen molar-refractivity contribution >= 4 is 38.9 Å². The van der Waals surface area contributed by atoms with E-state index in [4.69, 9.17) is 16.3 Å². The van der Waals surface area contributed by atoms with Crippen LogP contribution in [-0.2, 0) is 0 Å². The van der Waals surface area contributed by atoms with Gasteiger partial charge >= 0.3 is 0 Å². The Bertz CT molecular complexity index is 627. The molecule has 0 aliphatic rings. The maximum atomic E-state index is 6.31. The Morgan fingerprint density at radius 1 is 1.40 bits per heavy atom. The molecule has 1 aromatic heterocycles. The summed E-state index contributed by atoms with van der Waals surface area (Å²) in [5, 5.41) is 6.15. The summed E-state index contributed by atoms with van der Waals surface area (Å²) in [5.74, 6) is 0.912. The highest BCUT2D eigenvalue weighted by molar-refractivity contribution is 9.10. The Kier molecular flexibility index (Phi) is 5.13. The predicted octanol–water partition coefficient (Wildman–Crippen LogP) is 5.10. The zero-order chi connectivity index (χ0) is 14.9. The largest absolute Gasteiger partial charge is 0.496 e. The second-order valence-corrected chi connectivity index (χ2v) is 6.81. The summed E-state index contributed by atoms with van der Waals surface area (Å²) in [6.45, 7) is 4.14. The fourth-order valence-electron chi connectivity index (χ4n) is 2.41. The van der Waals surface area contributed by atoms with Gasteiger partial charge in [0.05, 0.1) is 18.2 Å². The third-order valence-electron chi connectivity index (χ3n) is 3.40. The van der Waals surface area contributed by atoms with Crippen molar-refractivity contribution in [3.63, 3.8) is 0 Å². The second-order valence-electron chi connectivity index (χ2n) is 4.60. The average molecular weight is 375 g/mol. The summed E-state index contributed by atoms with van der Waals surface area (Å²) in [4.78, 5) is 1.10. The minimum atomic E-state index is 0.0219. The summed E-state index contributed by atoms with van der Waals surface area (Å²) in [7, 11) is 3.65. The lowest BCUT2D eigenvalue weighted by Crippen LogP contribution is -2.19. The number of benzene rings is 1. The molecule has 0 spiro atoms. The lowest BCUT2D eigenvalue weighted by molar-refractivity contribution is 0.402. The van der Waals surface area contributed by atoms with Gasteiger partial charge in [-0.05, 0) is 49.5 Å². The van der Waals surface area contributed by atoms with Gasteiger partial charge in [0.15, 0.2) is 0 Å². The van der Waals surface area contributed by atoms with Gasteiger partial charge in [-0.3, -0.25) is 0 Å². The Morgan fingerprint density at radius 3 is 2.60 bits per heavy atom. The van der Waals surface area contributed by atoms with Crippen molar-refractivity contribution in [3.05, 3.63) is 48.6 Å². The molecular formula is C15H17BrClNOS. The molecule has 20 heavy (non-hydrogen) atoms. The molecule has 0 amide bonds. The smallest absolute Gasteiger partial charge is 0.127 e. The van der Waals surface area contributed by atoms with E-state index in [2.05, 4.69) is 41.2 Å². The molecule has 1 heterocycles. The highest BCUT2D eigenvalue weighted by atomic mass is 79.9. The lowest BCUT2D eigenvalue weighted by Gasteiger charge is -2.23. The van der Waals surface area contributed by atoms with Gasteiger partial charge in [-0.25, -0.2) is 0 Å². The van der Waals surface area contributed by atoms with Crippen LogP contribution in [0, 0.1) is 13.8 Å². The lowest BCUT2D eigenvalue weighted by atomic mass is 9.96. The van der Waals surface area contributed by atoms with Crippen LogP contribution >= 0.6 is 38.9 Å². The molecule has 1 atom stereocenters. The van der Waals surface area contributed by atoms with Crippen LogP contribution in [0.25, 0.3) is 0 Å². The third-order valence-corrected chi connectivity index (χ3v) is 5.64. The first-order chi connectivity index (χ1) is 9.51. The van der Waals surface area contributed by atoms with E-state index in [1.165, 1.54) is 0 Å². The maximum absolute atomic E-state index is 6.31. The fourth-order valence-corrected chi connectivity index (χ4v) is 4.25. The number of aryl methyl sites for hydroxylation is 1. The van der Waals surface area contributed by atoms with Crippen LogP contribution in [0.15, 0.2) is 22.0 Å². The fraction of sp³-hybridized carbons (Fsp3) is 0.333. The van der Waals surface area contributed by atoms with Crippen molar-refractivity contribution in [2.24, 2.45) is 0 Å². The van der Waals surface area contributed by atoms with Gasteiger partial charge in [0.25, 0.3) is 0 Å². The molecule has 0 aliphatic carbocycles. The molecular weight excluding hydrogens is 358 g/mol. The normalized spacial score (nSPS) is 12.5. The summed E-state index contributed by atoms with van der Waals surface area (Å²) in [6.07, 6.45) is 0. The van der Waals surface area contributed by atoms with Gasteiger partial charge in [0.2, 0.25) is 0 Å². The molecule has 5 heteroatoms. The van der Waals surface area contributed by atoms with Gasteiger partial charge < -0.3 is 10.1 Å². The zero-order valence-corrected chi connectivity index (χ0v) is 15.0. The van der Waals surface area contributed by atoms with Crippen molar-refractivity contribution < 1.29 is 4.74 Å². The van der Waals surface area contributed by atoms with Crippen molar-refractivity contribution in [2.45, 2.75) is 19.9 Å². The average Bonchev–Trinajstić information content (AvgIpc) is 2.83. The first-order valence-corrected chi connectivity index (χ1v) is 8.30. The number of rotatable bonds is 4. The molecule has 0 fully saturated rings. The summed E-state index contributed by atoms with van der Waals surface area (Å²) in [5.41, 5.74) is 3.40. The van der Waals surface area contributed by atoms with Crippen molar-refractivity contribution in [3.8, 4) is 5.75 Å². The van der Waals surface area contributed by atoms with Crippen molar-refractivity contribution in [1.82, 2.24) is 5.32 Å². The topological polar surface area (TPSA) is 21.3 Å². The first-order valence-electron chi connectivity index (χ1n) is 6.25. The Morgan fingerprint density at radius 2 is 2.10 bits per heavy atom. The molecule has 0 aliphatic heterocycles. The SMILES string of the molecule is CNC(c1sccc1Cl)c1c(C)c(Br)cc(C)c1OC. The number of nitrogens with one attached hydrogen (secondary N) is 1. The Labute approximate surface area is 137 Å².